The second-order valence-corrected chi connectivity index (χ2v) is 7.99. The Balaban J connectivity index is 1.85. The van der Waals surface area contributed by atoms with Crippen LogP contribution in [0.5, 0.6) is 0 Å². The van der Waals surface area contributed by atoms with Gasteiger partial charge in [-0.3, -0.25) is 9.59 Å². The number of hydrogen-bond acceptors (Lipinski definition) is 3. The van der Waals surface area contributed by atoms with Crippen LogP contribution in [0.4, 0.5) is 15.8 Å². The van der Waals surface area contributed by atoms with Crippen molar-refractivity contribution in [3.8, 4) is 0 Å². The SMILES string of the molecule is Cc1cc(C)cc(N2C(=O)C(Nc3ccc(C)cc3C)=C(c3ccc(F)cc3)C2=O)c1. The van der Waals surface area contributed by atoms with E-state index in [1.807, 2.05) is 64.1 Å². The molecular formula is C26H23FN2O2. The van der Waals surface area contributed by atoms with Gasteiger partial charge in [0.2, 0.25) is 0 Å². The molecule has 0 fully saturated rings. The molecule has 4 nitrogen and oxygen atoms in total. The van der Waals surface area contributed by atoms with Crippen molar-refractivity contribution in [3.05, 3.63) is 100.0 Å². The molecule has 2 amide bonds. The number of nitrogens with zero attached hydrogens (tertiary/aromatic N) is 1. The molecule has 0 unspecified atom stereocenters. The molecule has 3 aromatic carbocycles. The summed E-state index contributed by atoms with van der Waals surface area (Å²) in [6.07, 6.45) is 0. The zero-order valence-corrected chi connectivity index (χ0v) is 17.9. The summed E-state index contributed by atoms with van der Waals surface area (Å²) >= 11 is 0. The Kier molecular flexibility index (Phi) is 5.19. The highest BCUT2D eigenvalue weighted by Crippen LogP contribution is 2.35. The van der Waals surface area contributed by atoms with Gasteiger partial charge in [-0.25, -0.2) is 9.29 Å². The van der Waals surface area contributed by atoms with Crippen molar-refractivity contribution in [2.45, 2.75) is 27.7 Å². The Morgan fingerprint density at radius 2 is 1.39 bits per heavy atom. The summed E-state index contributed by atoms with van der Waals surface area (Å²) in [5.74, 6) is -1.28. The molecule has 1 aliphatic heterocycles. The fraction of sp³-hybridized carbons (Fsp3) is 0.154. The number of benzene rings is 3. The van der Waals surface area contributed by atoms with Crippen LogP contribution in [0, 0.1) is 33.5 Å². The lowest BCUT2D eigenvalue weighted by Crippen LogP contribution is -2.32. The minimum atomic E-state index is -0.436. The smallest absolute Gasteiger partial charge is 0.282 e. The number of aryl methyl sites for hydroxylation is 4. The van der Waals surface area contributed by atoms with Crippen molar-refractivity contribution in [2.24, 2.45) is 0 Å². The number of anilines is 2. The van der Waals surface area contributed by atoms with Crippen LogP contribution >= 0.6 is 0 Å². The van der Waals surface area contributed by atoms with Crippen LogP contribution < -0.4 is 10.2 Å². The first kappa shape index (κ1) is 20.5. The number of hydrogen-bond donors (Lipinski definition) is 1. The van der Waals surface area contributed by atoms with E-state index in [0.717, 1.165) is 27.9 Å². The quantitative estimate of drug-likeness (QED) is 0.577. The Morgan fingerprint density at radius 3 is 2.00 bits per heavy atom. The van der Waals surface area contributed by atoms with Gasteiger partial charge in [-0.2, -0.15) is 0 Å². The topological polar surface area (TPSA) is 49.4 Å². The Morgan fingerprint density at radius 1 is 0.742 bits per heavy atom. The number of nitrogens with one attached hydrogen (secondary N) is 1. The molecule has 4 rings (SSSR count). The van der Waals surface area contributed by atoms with Crippen LogP contribution in [0.1, 0.15) is 27.8 Å². The summed E-state index contributed by atoms with van der Waals surface area (Å²) in [5.41, 5.74) is 6.11. The minimum Gasteiger partial charge on any atom is -0.350 e. The van der Waals surface area contributed by atoms with E-state index in [1.165, 1.54) is 29.2 Å². The largest absolute Gasteiger partial charge is 0.350 e. The summed E-state index contributed by atoms with van der Waals surface area (Å²) < 4.78 is 13.5. The maximum absolute atomic E-state index is 13.5. The Bertz CT molecular complexity index is 1220. The molecular weight excluding hydrogens is 391 g/mol. The van der Waals surface area contributed by atoms with Gasteiger partial charge in [0.05, 0.1) is 11.3 Å². The van der Waals surface area contributed by atoms with E-state index < -0.39 is 17.6 Å². The Labute approximate surface area is 181 Å². The van der Waals surface area contributed by atoms with Crippen molar-refractivity contribution in [1.82, 2.24) is 0 Å². The molecule has 5 heteroatoms. The molecule has 0 spiro atoms. The van der Waals surface area contributed by atoms with Gasteiger partial charge in [-0.1, -0.05) is 35.9 Å². The fourth-order valence-electron chi connectivity index (χ4n) is 3.93. The molecule has 0 atom stereocenters. The molecule has 1 aliphatic rings. The van der Waals surface area contributed by atoms with Crippen LogP contribution in [0.15, 0.2) is 66.4 Å². The predicted molar refractivity (Wildman–Crippen MR) is 121 cm³/mol. The van der Waals surface area contributed by atoms with Crippen molar-refractivity contribution in [2.75, 3.05) is 10.2 Å². The second kappa shape index (κ2) is 7.84. The Hall–Kier alpha value is -3.73. The molecule has 0 bridgehead atoms. The maximum Gasteiger partial charge on any atom is 0.282 e. The van der Waals surface area contributed by atoms with Crippen molar-refractivity contribution < 1.29 is 14.0 Å². The number of halogens is 1. The van der Waals surface area contributed by atoms with Crippen molar-refractivity contribution in [1.29, 1.82) is 0 Å². The molecule has 1 heterocycles. The molecule has 0 aliphatic carbocycles. The van der Waals surface area contributed by atoms with Crippen molar-refractivity contribution >= 4 is 28.8 Å². The first-order chi connectivity index (χ1) is 14.7. The van der Waals surface area contributed by atoms with Crippen LogP contribution in [0.2, 0.25) is 0 Å². The third-order valence-corrected chi connectivity index (χ3v) is 5.32. The normalized spacial score (nSPS) is 13.9. The number of carbonyl (C=O) groups is 2. The third kappa shape index (κ3) is 3.87. The molecule has 156 valence electrons. The standard InChI is InChI=1S/C26H23FN2O2/c1-15-5-10-22(18(4)12-15)28-24-23(19-6-8-20(27)9-7-19)25(30)29(26(24)31)21-13-16(2)11-17(3)14-21/h5-14,28H,1-4H3. The zero-order valence-electron chi connectivity index (χ0n) is 17.9. The first-order valence-electron chi connectivity index (χ1n) is 10.1. The monoisotopic (exact) mass is 414 g/mol. The lowest BCUT2D eigenvalue weighted by molar-refractivity contribution is -0.120. The van der Waals surface area contributed by atoms with Crippen LogP contribution in [-0.4, -0.2) is 11.8 Å². The molecule has 3 aromatic rings. The van der Waals surface area contributed by atoms with E-state index in [0.29, 0.717) is 11.3 Å². The van der Waals surface area contributed by atoms with E-state index in [-0.39, 0.29) is 11.3 Å². The fourth-order valence-corrected chi connectivity index (χ4v) is 3.93. The number of imide groups is 1. The van der Waals surface area contributed by atoms with E-state index in [9.17, 15) is 14.0 Å². The van der Waals surface area contributed by atoms with E-state index in [2.05, 4.69) is 5.32 Å². The van der Waals surface area contributed by atoms with Gasteiger partial charge in [0.25, 0.3) is 11.8 Å². The molecule has 0 saturated carbocycles. The van der Waals surface area contributed by atoms with Gasteiger partial charge in [0.15, 0.2) is 0 Å². The molecule has 0 saturated heterocycles. The number of amides is 2. The first-order valence-corrected chi connectivity index (χ1v) is 10.1. The molecule has 31 heavy (non-hydrogen) atoms. The third-order valence-electron chi connectivity index (χ3n) is 5.32. The molecule has 0 radical (unpaired) electrons. The van der Waals surface area contributed by atoms with Gasteiger partial charge >= 0.3 is 0 Å². The summed E-state index contributed by atoms with van der Waals surface area (Å²) in [7, 11) is 0. The van der Waals surface area contributed by atoms with Gasteiger partial charge in [-0.15, -0.1) is 0 Å². The van der Waals surface area contributed by atoms with E-state index in [1.54, 1.807) is 0 Å². The molecule has 0 aromatic heterocycles. The highest BCUT2D eigenvalue weighted by Gasteiger charge is 2.40. The maximum atomic E-state index is 13.5. The van der Waals surface area contributed by atoms with Gasteiger partial charge in [0.1, 0.15) is 11.5 Å². The molecule has 1 N–H and O–H groups in total. The highest BCUT2D eigenvalue weighted by molar-refractivity contribution is 6.46. The summed E-state index contributed by atoms with van der Waals surface area (Å²) in [6.45, 7) is 7.78. The summed E-state index contributed by atoms with van der Waals surface area (Å²) in [4.78, 5) is 28.1. The number of rotatable bonds is 4. The minimum absolute atomic E-state index is 0.183. The van der Waals surface area contributed by atoms with Gasteiger partial charge < -0.3 is 5.32 Å². The second-order valence-electron chi connectivity index (χ2n) is 7.99. The van der Waals surface area contributed by atoms with Gasteiger partial charge in [-0.05, 0) is 80.3 Å². The van der Waals surface area contributed by atoms with E-state index >= 15 is 0 Å². The van der Waals surface area contributed by atoms with Gasteiger partial charge in [0, 0.05) is 5.69 Å². The zero-order chi connectivity index (χ0) is 22.3. The summed E-state index contributed by atoms with van der Waals surface area (Å²) in [5, 5.41) is 3.18. The predicted octanol–water partition coefficient (Wildman–Crippen LogP) is 5.46. The summed E-state index contributed by atoms with van der Waals surface area (Å²) in [6, 6.07) is 17.0. The van der Waals surface area contributed by atoms with Crippen LogP contribution in [0.25, 0.3) is 5.57 Å². The van der Waals surface area contributed by atoms with Crippen LogP contribution in [-0.2, 0) is 9.59 Å². The average Bonchev–Trinajstić information content (AvgIpc) is 2.94. The number of carbonyl (C=O) groups excluding carboxylic acids is 2. The lowest BCUT2D eigenvalue weighted by Gasteiger charge is -2.17. The highest BCUT2D eigenvalue weighted by atomic mass is 19.1. The van der Waals surface area contributed by atoms with Crippen molar-refractivity contribution in [3.63, 3.8) is 0 Å². The van der Waals surface area contributed by atoms with Crippen LogP contribution in [0.3, 0.4) is 0 Å². The lowest BCUT2D eigenvalue weighted by atomic mass is 10.0. The average molecular weight is 414 g/mol. The van der Waals surface area contributed by atoms with E-state index in [4.69, 9.17) is 0 Å².